The van der Waals surface area contributed by atoms with Gasteiger partial charge >= 0.3 is 5.97 Å². The SMILES string of the molecule is Cc1ccc(-n2nc(C)c(CC(=O)O)c2Br)c(C)c1. The molecule has 0 bridgehead atoms. The van der Waals surface area contributed by atoms with Gasteiger partial charge in [0.1, 0.15) is 4.60 Å². The Balaban J connectivity index is 2.54. The zero-order valence-corrected chi connectivity index (χ0v) is 12.7. The number of nitrogens with zero attached hydrogens (tertiary/aromatic N) is 2. The molecule has 4 nitrogen and oxygen atoms in total. The number of benzene rings is 1. The van der Waals surface area contributed by atoms with Crippen molar-refractivity contribution >= 4 is 21.9 Å². The first-order valence-electron chi connectivity index (χ1n) is 5.93. The largest absolute Gasteiger partial charge is 0.481 e. The van der Waals surface area contributed by atoms with Crippen molar-refractivity contribution in [2.75, 3.05) is 0 Å². The Morgan fingerprint density at radius 2 is 2.05 bits per heavy atom. The number of hydrogen-bond acceptors (Lipinski definition) is 2. The summed E-state index contributed by atoms with van der Waals surface area (Å²) < 4.78 is 2.46. The number of carboxylic acid groups (broad SMARTS) is 1. The summed E-state index contributed by atoms with van der Waals surface area (Å²) in [6.45, 7) is 5.88. The summed E-state index contributed by atoms with van der Waals surface area (Å²) in [5.41, 5.74) is 4.69. The first-order chi connectivity index (χ1) is 8.90. The summed E-state index contributed by atoms with van der Waals surface area (Å²) in [5, 5.41) is 13.4. The Morgan fingerprint density at radius 3 is 2.63 bits per heavy atom. The molecule has 0 aliphatic heterocycles. The van der Waals surface area contributed by atoms with Crippen molar-refractivity contribution in [1.82, 2.24) is 9.78 Å². The number of hydrogen-bond donors (Lipinski definition) is 1. The van der Waals surface area contributed by atoms with Gasteiger partial charge in [0.2, 0.25) is 0 Å². The van der Waals surface area contributed by atoms with Crippen LogP contribution < -0.4 is 0 Å². The van der Waals surface area contributed by atoms with Gasteiger partial charge in [-0.25, -0.2) is 4.68 Å². The van der Waals surface area contributed by atoms with E-state index in [2.05, 4.69) is 27.1 Å². The highest BCUT2D eigenvalue weighted by molar-refractivity contribution is 9.10. The average Bonchev–Trinajstić information content (AvgIpc) is 2.57. The number of carbonyl (C=O) groups is 1. The lowest BCUT2D eigenvalue weighted by atomic mass is 10.1. The van der Waals surface area contributed by atoms with Gasteiger partial charge < -0.3 is 5.11 Å². The van der Waals surface area contributed by atoms with E-state index in [-0.39, 0.29) is 6.42 Å². The molecule has 0 spiro atoms. The van der Waals surface area contributed by atoms with Crippen LogP contribution in [0.15, 0.2) is 22.8 Å². The molecule has 100 valence electrons. The standard InChI is InChI=1S/C14H15BrN2O2/c1-8-4-5-12(9(2)6-8)17-14(15)11(7-13(18)19)10(3)16-17/h4-6H,7H2,1-3H3,(H,18,19). The lowest BCUT2D eigenvalue weighted by molar-refractivity contribution is -0.136. The number of aryl methyl sites for hydroxylation is 3. The van der Waals surface area contributed by atoms with E-state index in [1.54, 1.807) is 4.68 Å². The fourth-order valence-corrected chi connectivity index (χ4v) is 2.78. The van der Waals surface area contributed by atoms with Crippen LogP contribution in [0.3, 0.4) is 0 Å². The topological polar surface area (TPSA) is 55.1 Å². The Labute approximate surface area is 120 Å². The second kappa shape index (κ2) is 5.17. The van der Waals surface area contributed by atoms with E-state index < -0.39 is 5.97 Å². The van der Waals surface area contributed by atoms with Crippen LogP contribution in [-0.4, -0.2) is 20.9 Å². The molecule has 19 heavy (non-hydrogen) atoms. The third-order valence-electron chi connectivity index (χ3n) is 3.03. The maximum atomic E-state index is 10.9. The number of rotatable bonds is 3. The van der Waals surface area contributed by atoms with Crippen LogP contribution >= 0.6 is 15.9 Å². The molecule has 1 aromatic carbocycles. The van der Waals surface area contributed by atoms with Gasteiger partial charge in [-0.15, -0.1) is 0 Å². The van der Waals surface area contributed by atoms with Gasteiger partial charge in [-0.1, -0.05) is 17.7 Å². The van der Waals surface area contributed by atoms with E-state index in [1.165, 1.54) is 5.56 Å². The summed E-state index contributed by atoms with van der Waals surface area (Å²) in [5.74, 6) is -0.857. The summed E-state index contributed by atoms with van der Waals surface area (Å²) in [6.07, 6.45) is -0.0304. The highest BCUT2D eigenvalue weighted by Crippen LogP contribution is 2.26. The molecule has 1 aromatic heterocycles. The van der Waals surface area contributed by atoms with Gasteiger partial charge in [0.05, 0.1) is 17.8 Å². The fraction of sp³-hybridized carbons (Fsp3) is 0.286. The lowest BCUT2D eigenvalue weighted by Crippen LogP contribution is -2.02. The van der Waals surface area contributed by atoms with Gasteiger partial charge in [0, 0.05) is 5.56 Å². The van der Waals surface area contributed by atoms with E-state index in [0.717, 1.165) is 16.9 Å². The second-order valence-electron chi connectivity index (χ2n) is 4.63. The summed E-state index contributed by atoms with van der Waals surface area (Å²) >= 11 is 3.46. The van der Waals surface area contributed by atoms with Gasteiger partial charge in [0.25, 0.3) is 0 Å². The molecule has 1 heterocycles. The van der Waals surface area contributed by atoms with Crippen molar-refractivity contribution in [3.63, 3.8) is 0 Å². The van der Waals surface area contributed by atoms with Crippen LogP contribution in [0.25, 0.3) is 5.69 Å². The van der Waals surface area contributed by atoms with Crippen LogP contribution in [0.2, 0.25) is 0 Å². The van der Waals surface area contributed by atoms with E-state index in [1.807, 2.05) is 32.9 Å². The Bertz CT molecular complexity index is 647. The molecule has 2 rings (SSSR count). The highest BCUT2D eigenvalue weighted by Gasteiger charge is 2.17. The van der Waals surface area contributed by atoms with Crippen LogP contribution in [-0.2, 0) is 11.2 Å². The highest BCUT2D eigenvalue weighted by atomic mass is 79.9. The van der Waals surface area contributed by atoms with Gasteiger partial charge in [0.15, 0.2) is 0 Å². The van der Waals surface area contributed by atoms with Crippen molar-refractivity contribution in [3.8, 4) is 5.69 Å². The molecule has 0 amide bonds. The Morgan fingerprint density at radius 1 is 1.37 bits per heavy atom. The molecule has 0 unspecified atom stereocenters. The maximum absolute atomic E-state index is 10.9. The molecule has 2 aromatic rings. The molecule has 1 N–H and O–H groups in total. The maximum Gasteiger partial charge on any atom is 0.307 e. The lowest BCUT2D eigenvalue weighted by Gasteiger charge is -2.08. The van der Waals surface area contributed by atoms with Gasteiger partial charge in [-0.2, -0.15) is 5.10 Å². The number of aliphatic carboxylic acids is 1. The molecule has 0 radical (unpaired) electrons. The molecule has 0 fully saturated rings. The third-order valence-corrected chi connectivity index (χ3v) is 3.84. The van der Waals surface area contributed by atoms with Crippen LogP contribution in [0.1, 0.15) is 22.4 Å². The number of halogens is 1. The van der Waals surface area contributed by atoms with Gasteiger partial charge in [-0.3, -0.25) is 4.79 Å². The van der Waals surface area contributed by atoms with Crippen molar-refractivity contribution in [1.29, 1.82) is 0 Å². The van der Waals surface area contributed by atoms with E-state index in [0.29, 0.717) is 10.2 Å². The van der Waals surface area contributed by atoms with Crippen molar-refractivity contribution in [2.45, 2.75) is 27.2 Å². The average molecular weight is 323 g/mol. The molecule has 0 saturated carbocycles. The third kappa shape index (κ3) is 2.71. The number of aromatic nitrogens is 2. The van der Waals surface area contributed by atoms with E-state index >= 15 is 0 Å². The van der Waals surface area contributed by atoms with Crippen molar-refractivity contribution < 1.29 is 9.90 Å². The smallest absolute Gasteiger partial charge is 0.307 e. The van der Waals surface area contributed by atoms with Gasteiger partial charge in [-0.05, 0) is 48.3 Å². The second-order valence-corrected chi connectivity index (χ2v) is 5.38. The van der Waals surface area contributed by atoms with E-state index in [4.69, 9.17) is 5.11 Å². The quantitative estimate of drug-likeness (QED) is 0.944. The minimum Gasteiger partial charge on any atom is -0.481 e. The molecule has 5 heteroatoms. The Kier molecular flexibility index (Phi) is 3.75. The van der Waals surface area contributed by atoms with E-state index in [9.17, 15) is 4.79 Å². The summed E-state index contributed by atoms with van der Waals surface area (Å²) in [6, 6.07) is 6.09. The molecule has 0 saturated heterocycles. The zero-order chi connectivity index (χ0) is 14.2. The molecular formula is C14H15BrN2O2. The molecule has 0 atom stereocenters. The molecule has 0 aliphatic carbocycles. The number of carboxylic acids is 1. The molecule has 0 aliphatic rings. The Hall–Kier alpha value is -1.62. The molecular weight excluding hydrogens is 308 g/mol. The minimum atomic E-state index is -0.857. The fourth-order valence-electron chi connectivity index (χ4n) is 2.09. The predicted molar refractivity (Wildman–Crippen MR) is 76.8 cm³/mol. The van der Waals surface area contributed by atoms with Crippen LogP contribution in [0.4, 0.5) is 0 Å². The monoisotopic (exact) mass is 322 g/mol. The predicted octanol–water partition coefficient (Wildman–Crippen LogP) is 3.19. The summed E-state index contributed by atoms with van der Waals surface area (Å²) in [4.78, 5) is 10.9. The zero-order valence-electron chi connectivity index (χ0n) is 11.1. The van der Waals surface area contributed by atoms with Crippen LogP contribution in [0, 0.1) is 20.8 Å². The first-order valence-corrected chi connectivity index (χ1v) is 6.73. The van der Waals surface area contributed by atoms with Crippen molar-refractivity contribution in [2.24, 2.45) is 0 Å². The minimum absolute atomic E-state index is 0.0304. The van der Waals surface area contributed by atoms with Crippen molar-refractivity contribution in [3.05, 3.63) is 45.2 Å². The first kappa shape index (κ1) is 13.8. The normalized spacial score (nSPS) is 10.7. The summed E-state index contributed by atoms with van der Waals surface area (Å²) in [7, 11) is 0. The van der Waals surface area contributed by atoms with Crippen LogP contribution in [0.5, 0.6) is 0 Å².